The molecule has 1 aliphatic heterocycles. The highest BCUT2D eigenvalue weighted by atomic mass is 16.4. The molecule has 13 heavy (non-hydrogen) atoms. The zero-order valence-electron chi connectivity index (χ0n) is 8.08. The molecule has 0 aromatic carbocycles. The molecule has 0 atom stereocenters. The Kier molecular flexibility index (Phi) is 2.65. The third-order valence-electron chi connectivity index (χ3n) is 2.80. The monoisotopic (exact) mass is 179 g/mol. The molecule has 1 saturated heterocycles. The van der Waals surface area contributed by atoms with Crippen LogP contribution in [-0.4, -0.2) is 17.8 Å². The molecule has 4 heteroatoms. The van der Waals surface area contributed by atoms with Gasteiger partial charge in [0, 0.05) is 5.97 Å². The molecule has 0 aromatic rings. The van der Waals surface area contributed by atoms with Crippen LogP contribution in [0.1, 0.15) is 20.3 Å². The van der Waals surface area contributed by atoms with Crippen molar-refractivity contribution in [1.82, 2.24) is 0 Å². The Bertz CT molecular complexity index is 251. The Labute approximate surface area is 78.8 Å². The van der Waals surface area contributed by atoms with Gasteiger partial charge in [-0.15, -0.1) is 0 Å². The van der Waals surface area contributed by atoms with E-state index in [0.29, 0.717) is 12.3 Å². The molecule has 0 saturated carbocycles. The van der Waals surface area contributed by atoms with Crippen molar-refractivity contribution >= 4 is 12.7 Å². The van der Waals surface area contributed by atoms with Crippen LogP contribution in [0.3, 0.4) is 0 Å². The molecule has 0 aliphatic carbocycles. The normalized spacial score (nSPS) is 17.8. The van der Waals surface area contributed by atoms with E-state index in [1.807, 2.05) is 0 Å². The van der Waals surface area contributed by atoms with Gasteiger partial charge >= 0.3 is 5.97 Å². The molecule has 1 rings (SSSR count). The molecule has 3 nitrogen and oxygen atoms in total. The second-order valence-electron chi connectivity index (χ2n) is 4.56. The lowest BCUT2D eigenvalue weighted by Crippen LogP contribution is -2.36. The summed E-state index contributed by atoms with van der Waals surface area (Å²) in [5.74, 6) is 1.90. The van der Waals surface area contributed by atoms with Crippen LogP contribution in [-0.2, 0) is 4.79 Å². The van der Waals surface area contributed by atoms with Crippen LogP contribution in [0.4, 0.5) is 0 Å². The molecule has 70 valence electrons. The summed E-state index contributed by atoms with van der Waals surface area (Å²) in [5, 5.41) is 17.4. The predicted molar refractivity (Wildman–Crippen MR) is 50.5 cm³/mol. The van der Waals surface area contributed by atoms with Crippen LogP contribution in [0.5, 0.6) is 0 Å². The maximum Gasteiger partial charge on any atom is 0.309 e. The number of hydrogen-bond acceptors (Lipinski definition) is 2. The number of carbonyl (C=O) groups is 1. The summed E-state index contributed by atoms with van der Waals surface area (Å²) in [5.41, 5.74) is -0.634. The van der Waals surface area contributed by atoms with Gasteiger partial charge in [-0.1, -0.05) is 18.6 Å². The fraction of sp³-hybridized carbons (Fsp3) is 0.778. The van der Waals surface area contributed by atoms with Crippen molar-refractivity contribution in [1.29, 1.82) is 5.26 Å². The van der Waals surface area contributed by atoms with Gasteiger partial charge in [-0.3, -0.25) is 4.79 Å². The molecule has 1 N–H and O–H groups in total. The summed E-state index contributed by atoms with van der Waals surface area (Å²) in [7, 11) is 0. The Balaban J connectivity index is 2.36. The van der Waals surface area contributed by atoms with Crippen molar-refractivity contribution in [2.24, 2.45) is 11.3 Å². The summed E-state index contributed by atoms with van der Waals surface area (Å²) in [6, 6.07) is 0. The Hall–Kier alpha value is -0.975. The molecule has 1 aliphatic rings. The summed E-state index contributed by atoms with van der Waals surface area (Å²) >= 11 is 0. The third kappa shape index (κ3) is 2.24. The maximum absolute atomic E-state index is 10.8. The van der Waals surface area contributed by atoms with E-state index in [1.54, 1.807) is 13.8 Å². The van der Waals surface area contributed by atoms with Crippen LogP contribution < -0.4 is 0 Å². The Morgan fingerprint density at radius 2 is 2.23 bits per heavy atom. The third-order valence-corrected chi connectivity index (χ3v) is 2.80. The molecule has 1 fully saturated rings. The Morgan fingerprint density at radius 1 is 1.69 bits per heavy atom. The minimum Gasteiger partial charge on any atom is -0.481 e. The van der Waals surface area contributed by atoms with Crippen molar-refractivity contribution in [3.8, 4) is 5.97 Å². The van der Waals surface area contributed by atoms with E-state index in [9.17, 15) is 4.79 Å². The lowest BCUT2D eigenvalue weighted by molar-refractivity contribution is -0.147. The van der Waals surface area contributed by atoms with Crippen LogP contribution >= 0.6 is 0 Å². The number of carboxylic acids is 1. The molecule has 0 spiro atoms. The van der Waals surface area contributed by atoms with E-state index >= 15 is 0 Å². The molecule has 0 amide bonds. The van der Waals surface area contributed by atoms with Crippen LogP contribution in [0.25, 0.3) is 0 Å². The fourth-order valence-corrected chi connectivity index (χ4v) is 1.82. The van der Waals surface area contributed by atoms with Gasteiger partial charge in [-0.2, -0.15) is 0 Å². The molecule has 0 bridgehead atoms. The quantitative estimate of drug-likeness (QED) is 0.670. The fourth-order valence-electron chi connectivity index (χ4n) is 1.82. The van der Waals surface area contributed by atoms with Crippen molar-refractivity contribution < 1.29 is 9.90 Å². The number of hydrogen-bond donors (Lipinski definition) is 1. The summed E-state index contributed by atoms with van der Waals surface area (Å²) in [4.78, 5) is 10.8. The molecule has 0 unspecified atom stereocenters. The van der Waals surface area contributed by atoms with E-state index in [0.717, 1.165) is 12.6 Å². The molecule has 0 aromatic heterocycles. The average molecular weight is 179 g/mol. The van der Waals surface area contributed by atoms with E-state index in [1.165, 1.54) is 0 Å². The average Bonchev–Trinajstić information content (AvgIpc) is 1.95. The van der Waals surface area contributed by atoms with Gasteiger partial charge in [0.2, 0.25) is 0 Å². The first kappa shape index (κ1) is 10.1. The van der Waals surface area contributed by atoms with Gasteiger partial charge in [0.25, 0.3) is 6.71 Å². The summed E-state index contributed by atoms with van der Waals surface area (Å²) in [6.07, 6.45) is 2.46. The lowest BCUT2D eigenvalue weighted by Gasteiger charge is -2.33. The van der Waals surface area contributed by atoms with E-state index in [4.69, 9.17) is 10.4 Å². The van der Waals surface area contributed by atoms with E-state index < -0.39 is 11.4 Å². The van der Waals surface area contributed by atoms with Crippen molar-refractivity contribution in [3.63, 3.8) is 0 Å². The van der Waals surface area contributed by atoms with Gasteiger partial charge in [-0.25, -0.2) is 5.26 Å². The minimum absolute atomic E-state index is 0.176. The van der Waals surface area contributed by atoms with Crippen molar-refractivity contribution in [2.45, 2.75) is 32.9 Å². The smallest absolute Gasteiger partial charge is 0.309 e. The maximum atomic E-state index is 10.8. The molecule has 0 radical (unpaired) electrons. The van der Waals surface area contributed by atoms with Crippen LogP contribution in [0.2, 0.25) is 12.6 Å². The lowest BCUT2D eigenvalue weighted by atomic mass is 9.32. The molecular weight excluding hydrogens is 165 g/mol. The first-order valence-electron chi connectivity index (χ1n) is 4.58. The largest absolute Gasteiger partial charge is 0.481 e. The highest BCUT2D eigenvalue weighted by Crippen LogP contribution is 2.38. The van der Waals surface area contributed by atoms with Crippen molar-refractivity contribution in [3.05, 3.63) is 0 Å². The second kappa shape index (κ2) is 3.41. The Morgan fingerprint density at radius 3 is 2.62 bits per heavy atom. The zero-order valence-corrected chi connectivity index (χ0v) is 8.08. The van der Waals surface area contributed by atoms with E-state index in [-0.39, 0.29) is 6.71 Å². The minimum atomic E-state index is -0.743. The zero-order chi connectivity index (χ0) is 10.1. The highest BCUT2D eigenvalue weighted by molar-refractivity contribution is 6.69. The van der Waals surface area contributed by atoms with Gasteiger partial charge in [0.05, 0.1) is 5.41 Å². The van der Waals surface area contributed by atoms with Crippen molar-refractivity contribution in [2.75, 3.05) is 0 Å². The van der Waals surface area contributed by atoms with Gasteiger partial charge < -0.3 is 5.11 Å². The standard InChI is InChI=1S/C9H14BNO2/c1-9(2,8(12)13)3-7-4-10(5-7)6-11/h7H,3-5H2,1-2H3,(H,12,13). The van der Waals surface area contributed by atoms with Gasteiger partial charge in [0.1, 0.15) is 0 Å². The predicted octanol–water partition coefficient (Wildman–Crippen LogP) is 1.67. The van der Waals surface area contributed by atoms with E-state index in [2.05, 4.69) is 5.97 Å². The SMILES string of the molecule is CC(C)(CC1CB(C#N)C1)C(=O)O. The van der Waals surface area contributed by atoms with Gasteiger partial charge in [-0.05, 0) is 20.3 Å². The first-order valence-corrected chi connectivity index (χ1v) is 4.58. The number of nitriles is 1. The number of aliphatic carboxylic acids is 1. The number of carboxylic acid groups (broad SMARTS) is 1. The van der Waals surface area contributed by atoms with Gasteiger partial charge in [0.15, 0.2) is 0 Å². The molecular formula is C9H14BNO2. The first-order chi connectivity index (χ1) is 5.95. The summed E-state index contributed by atoms with van der Waals surface area (Å²) < 4.78 is 0. The highest BCUT2D eigenvalue weighted by Gasteiger charge is 2.39. The summed E-state index contributed by atoms with van der Waals surface area (Å²) in [6.45, 7) is 3.67. The van der Waals surface area contributed by atoms with Crippen LogP contribution in [0, 0.1) is 22.6 Å². The molecule has 1 heterocycles. The number of nitrogens with zero attached hydrogens (tertiary/aromatic N) is 1. The topological polar surface area (TPSA) is 61.1 Å². The second-order valence-corrected chi connectivity index (χ2v) is 4.56. The van der Waals surface area contributed by atoms with Crippen LogP contribution in [0.15, 0.2) is 0 Å². The number of rotatable bonds is 3.